The SMILES string of the molecule is O=c1[nH]c2cc(F)c(F)cc2n(Cl)c1=O. The van der Waals surface area contributed by atoms with E-state index in [9.17, 15) is 18.4 Å². The summed E-state index contributed by atoms with van der Waals surface area (Å²) in [6.45, 7) is 0. The Morgan fingerprint density at radius 2 is 1.80 bits per heavy atom. The van der Waals surface area contributed by atoms with Crippen LogP contribution in [0.2, 0.25) is 0 Å². The average Bonchev–Trinajstić information content (AvgIpc) is 2.19. The largest absolute Gasteiger partial charge is 0.331 e. The summed E-state index contributed by atoms with van der Waals surface area (Å²) < 4.78 is 26.0. The van der Waals surface area contributed by atoms with Gasteiger partial charge in [0.1, 0.15) is 0 Å². The van der Waals surface area contributed by atoms with Gasteiger partial charge in [0.25, 0.3) is 0 Å². The second-order valence-corrected chi connectivity index (χ2v) is 3.16. The Kier molecular flexibility index (Phi) is 2.08. The van der Waals surface area contributed by atoms with E-state index in [1.165, 1.54) is 0 Å². The van der Waals surface area contributed by atoms with Gasteiger partial charge in [-0.1, -0.05) is 0 Å². The minimum Gasteiger partial charge on any atom is -0.316 e. The van der Waals surface area contributed by atoms with E-state index in [1.54, 1.807) is 0 Å². The first-order chi connectivity index (χ1) is 7.00. The van der Waals surface area contributed by atoms with E-state index in [1.807, 2.05) is 0 Å². The van der Waals surface area contributed by atoms with Crippen LogP contribution in [0.4, 0.5) is 8.78 Å². The Hall–Kier alpha value is -1.69. The molecule has 0 aliphatic carbocycles. The zero-order valence-electron chi connectivity index (χ0n) is 7.05. The van der Waals surface area contributed by atoms with Gasteiger partial charge in [-0.25, -0.2) is 12.9 Å². The maximum absolute atomic E-state index is 12.8. The quantitative estimate of drug-likeness (QED) is 0.688. The van der Waals surface area contributed by atoms with Crippen LogP contribution in [0.15, 0.2) is 21.7 Å². The summed E-state index contributed by atoms with van der Waals surface area (Å²) in [5.74, 6) is -2.28. The summed E-state index contributed by atoms with van der Waals surface area (Å²) in [6.07, 6.45) is 0. The van der Waals surface area contributed by atoms with Gasteiger partial charge in [-0.3, -0.25) is 9.59 Å². The topological polar surface area (TPSA) is 54.9 Å². The first-order valence-electron chi connectivity index (χ1n) is 3.81. The molecule has 2 aromatic rings. The lowest BCUT2D eigenvalue weighted by molar-refractivity contribution is 0.510. The number of halogens is 3. The fourth-order valence-electron chi connectivity index (χ4n) is 1.17. The van der Waals surface area contributed by atoms with Crippen LogP contribution in [-0.4, -0.2) is 9.07 Å². The normalized spacial score (nSPS) is 10.9. The van der Waals surface area contributed by atoms with Gasteiger partial charge in [-0.05, 0) is 0 Å². The van der Waals surface area contributed by atoms with Gasteiger partial charge in [0, 0.05) is 23.9 Å². The predicted octanol–water partition coefficient (Wildman–Crippen LogP) is 0.970. The Morgan fingerprint density at radius 1 is 1.20 bits per heavy atom. The number of aromatic amines is 1. The Labute approximate surface area is 85.8 Å². The Balaban J connectivity index is 3.06. The number of H-pyrrole nitrogens is 1. The molecule has 7 heteroatoms. The van der Waals surface area contributed by atoms with E-state index in [2.05, 4.69) is 4.98 Å². The average molecular weight is 233 g/mol. The van der Waals surface area contributed by atoms with E-state index in [-0.39, 0.29) is 11.0 Å². The highest BCUT2D eigenvalue weighted by atomic mass is 35.5. The standard InChI is InChI=1S/C8H3ClF2N2O2/c9-13-6-2-4(11)3(10)1-5(6)12-7(14)8(13)15/h1-2H,(H,12,14). The molecule has 0 aliphatic rings. The van der Waals surface area contributed by atoms with Crippen molar-refractivity contribution in [2.75, 3.05) is 0 Å². The van der Waals surface area contributed by atoms with Crippen molar-refractivity contribution in [2.45, 2.75) is 0 Å². The molecule has 2 rings (SSSR count). The third-order valence-electron chi connectivity index (χ3n) is 1.87. The smallest absolute Gasteiger partial charge is 0.316 e. The number of nitrogens with one attached hydrogen (secondary N) is 1. The van der Waals surface area contributed by atoms with Crippen LogP contribution in [0, 0.1) is 11.6 Å². The van der Waals surface area contributed by atoms with Crippen molar-refractivity contribution >= 4 is 22.8 Å². The minimum absolute atomic E-state index is 0.0477. The zero-order chi connectivity index (χ0) is 11.2. The first kappa shape index (κ1) is 9.85. The van der Waals surface area contributed by atoms with Crippen molar-refractivity contribution in [3.8, 4) is 0 Å². The van der Waals surface area contributed by atoms with Gasteiger partial charge in [0.2, 0.25) is 0 Å². The zero-order valence-corrected chi connectivity index (χ0v) is 7.81. The van der Waals surface area contributed by atoms with Gasteiger partial charge in [0.15, 0.2) is 11.6 Å². The second kappa shape index (κ2) is 3.16. The molecule has 1 aromatic carbocycles. The molecule has 0 fully saturated rings. The van der Waals surface area contributed by atoms with Crippen molar-refractivity contribution in [1.29, 1.82) is 0 Å². The summed E-state index contributed by atoms with van der Waals surface area (Å²) in [5, 5.41) is 0. The highest BCUT2D eigenvalue weighted by molar-refractivity contribution is 6.18. The fourth-order valence-corrected chi connectivity index (χ4v) is 1.39. The second-order valence-electron chi connectivity index (χ2n) is 2.82. The number of rotatable bonds is 0. The molecular formula is C8H3ClF2N2O2. The molecule has 0 aliphatic heterocycles. The maximum atomic E-state index is 12.8. The minimum atomic E-state index is -1.15. The molecule has 0 amide bonds. The summed E-state index contributed by atoms with van der Waals surface area (Å²) in [4.78, 5) is 24.1. The van der Waals surface area contributed by atoms with Crippen molar-refractivity contribution in [3.05, 3.63) is 44.5 Å². The van der Waals surface area contributed by atoms with Crippen molar-refractivity contribution < 1.29 is 8.78 Å². The molecule has 78 valence electrons. The van der Waals surface area contributed by atoms with Gasteiger partial charge >= 0.3 is 11.1 Å². The van der Waals surface area contributed by atoms with E-state index < -0.39 is 22.8 Å². The molecule has 0 saturated heterocycles. The lowest BCUT2D eigenvalue weighted by Crippen LogP contribution is -2.32. The van der Waals surface area contributed by atoms with Crippen molar-refractivity contribution in [2.24, 2.45) is 0 Å². The van der Waals surface area contributed by atoms with Gasteiger partial charge in [0.05, 0.1) is 11.0 Å². The number of nitrogens with zero attached hydrogens (tertiary/aromatic N) is 1. The molecule has 0 unspecified atom stereocenters. The lowest BCUT2D eigenvalue weighted by atomic mass is 10.3. The summed E-state index contributed by atoms with van der Waals surface area (Å²) >= 11 is 5.45. The van der Waals surface area contributed by atoms with Crippen LogP contribution in [0.5, 0.6) is 0 Å². The highest BCUT2D eigenvalue weighted by Crippen LogP contribution is 2.14. The number of hydrogen-bond acceptors (Lipinski definition) is 2. The van der Waals surface area contributed by atoms with Gasteiger partial charge in [-0.15, -0.1) is 0 Å². The number of aromatic nitrogens is 2. The van der Waals surface area contributed by atoms with Crippen LogP contribution in [-0.2, 0) is 0 Å². The highest BCUT2D eigenvalue weighted by Gasteiger charge is 2.10. The van der Waals surface area contributed by atoms with Crippen molar-refractivity contribution in [3.63, 3.8) is 0 Å². The molecule has 0 bridgehead atoms. The molecule has 1 heterocycles. The van der Waals surface area contributed by atoms with Crippen LogP contribution in [0.1, 0.15) is 0 Å². The molecular weight excluding hydrogens is 230 g/mol. The predicted molar refractivity (Wildman–Crippen MR) is 50.0 cm³/mol. The number of fused-ring (bicyclic) bond motifs is 1. The Bertz CT molecular complexity index is 662. The molecule has 0 radical (unpaired) electrons. The summed E-state index contributed by atoms with van der Waals surface area (Å²) in [7, 11) is 0. The van der Waals surface area contributed by atoms with Crippen molar-refractivity contribution in [1.82, 2.24) is 9.07 Å². The molecule has 1 aromatic heterocycles. The molecule has 0 spiro atoms. The molecule has 0 saturated carbocycles. The fraction of sp³-hybridized carbons (Fsp3) is 0. The monoisotopic (exact) mass is 232 g/mol. The third-order valence-corrected chi connectivity index (χ3v) is 2.21. The van der Waals surface area contributed by atoms with E-state index >= 15 is 0 Å². The summed E-state index contributed by atoms with van der Waals surface area (Å²) in [6, 6.07) is 1.49. The molecule has 4 nitrogen and oxygen atoms in total. The van der Waals surface area contributed by atoms with Crippen LogP contribution >= 0.6 is 11.8 Å². The molecule has 0 atom stereocenters. The lowest BCUT2D eigenvalue weighted by Gasteiger charge is -2.01. The van der Waals surface area contributed by atoms with Crippen LogP contribution < -0.4 is 11.1 Å². The number of hydrogen-bond donors (Lipinski definition) is 1. The van der Waals surface area contributed by atoms with Gasteiger partial charge < -0.3 is 4.98 Å². The molecule has 1 N–H and O–H groups in total. The Morgan fingerprint density at radius 3 is 2.47 bits per heavy atom. The van der Waals surface area contributed by atoms with E-state index in [0.717, 1.165) is 12.1 Å². The van der Waals surface area contributed by atoms with E-state index in [0.29, 0.717) is 4.09 Å². The molecule has 15 heavy (non-hydrogen) atoms. The van der Waals surface area contributed by atoms with Gasteiger partial charge in [-0.2, -0.15) is 0 Å². The summed E-state index contributed by atoms with van der Waals surface area (Å²) in [5.41, 5.74) is -2.19. The third kappa shape index (κ3) is 1.42. The maximum Gasteiger partial charge on any atom is 0.331 e. The number of benzene rings is 1. The first-order valence-corrected chi connectivity index (χ1v) is 4.15. The van der Waals surface area contributed by atoms with E-state index in [4.69, 9.17) is 11.8 Å². The van der Waals surface area contributed by atoms with Crippen LogP contribution in [0.3, 0.4) is 0 Å². The van der Waals surface area contributed by atoms with Crippen LogP contribution in [0.25, 0.3) is 11.0 Å².